The van der Waals surface area contributed by atoms with Crippen LogP contribution in [0.15, 0.2) is 54.6 Å². The van der Waals surface area contributed by atoms with E-state index >= 15 is 0 Å². The molecule has 0 spiro atoms. The Labute approximate surface area is 143 Å². The summed E-state index contributed by atoms with van der Waals surface area (Å²) in [5.41, 5.74) is 2.06. The summed E-state index contributed by atoms with van der Waals surface area (Å²) >= 11 is 0. The maximum absolute atomic E-state index is 13.0. The average Bonchev–Trinajstić information content (AvgIpc) is 3.17. The molecule has 0 bridgehead atoms. The summed E-state index contributed by atoms with van der Waals surface area (Å²) in [7, 11) is 1.67. The molecular weight excluding hydrogens is 300 g/mol. The number of methoxy groups -OCH3 is 1. The second-order valence-electron chi connectivity index (χ2n) is 6.07. The molecule has 0 aromatic heterocycles. The van der Waals surface area contributed by atoms with Gasteiger partial charge in [0.1, 0.15) is 11.8 Å². The summed E-state index contributed by atoms with van der Waals surface area (Å²) in [6, 6.07) is 17.5. The van der Waals surface area contributed by atoms with Gasteiger partial charge in [0.15, 0.2) is 0 Å². The summed E-state index contributed by atoms with van der Waals surface area (Å²) in [6.45, 7) is 2.31. The molecule has 3 rings (SSSR count). The molecule has 1 unspecified atom stereocenters. The van der Waals surface area contributed by atoms with Crippen molar-refractivity contribution >= 4 is 5.91 Å². The Hall–Kier alpha value is -2.33. The number of carbonyl (C=O) groups excluding carboxylic acids is 1. The van der Waals surface area contributed by atoms with E-state index in [-0.39, 0.29) is 11.9 Å². The van der Waals surface area contributed by atoms with E-state index in [0.717, 1.165) is 42.8 Å². The number of likely N-dealkylation sites (tertiary alicyclic amines) is 1. The van der Waals surface area contributed by atoms with Crippen molar-refractivity contribution in [1.29, 1.82) is 0 Å². The van der Waals surface area contributed by atoms with Crippen LogP contribution in [0, 0.1) is 0 Å². The predicted octanol–water partition coefficient (Wildman–Crippen LogP) is 3.15. The molecule has 0 aliphatic carbocycles. The Morgan fingerprint density at radius 2 is 1.75 bits per heavy atom. The van der Waals surface area contributed by atoms with E-state index in [1.807, 2.05) is 59.5 Å². The van der Waals surface area contributed by atoms with Crippen molar-refractivity contribution in [3.05, 3.63) is 65.7 Å². The van der Waals surface area contributed by atoms with E-state index < -0.39 is 0 Å². The highest BCUT2D eigenvalue weighted by Crippen LogP contribution is 2.22. The van der Waals surface area contributed by atoms with Crippen molar-refractivity contribution in [3.8, 4) is 5.75 Å². The lowest BCUT2D eigenvalue weighted by atomic mass is 10.0. The molecule has 1 saturated heterocycles. The number of benzene rings is 2. The van der Waals surface area contributed by atoms with Gasteiger partial charge in [-0.25, -0.2) is 0 Å². The van der Waals surface area contributed by atoms with E-state index in [9.17, 15) is 4.79 Å². The Balaban J connectivity index is 1.78. The standard InChI is InChI=1S/C20H24N2O2/c1-24-18-12-6-5-11-17(18)15-21-19(16-9-3-2-4-10-16)20(23)22-13-7-8-14-22/h2-6,9-12,19,21H,7-8,13-15H2,1H3. The summed E-state index contributed by atoms with van der Waals surface area (Å²) in [4.78, 5) is 14.9. The lowest BCUT2D eigenvalue weighted by molar-refractivity contribution is -0.132. The highest BCUT2D eigenvalue weighted by molar-refractivity contribution is 5.83. The van der Waals surface area contributed by atoms with Crippen molar-refractivity contribution < 1.29 is 9.53 Å². The molecule has 126 valence electrons. The SMILES string of the molecule is COc1ccccc1CNC(C(=O)N1CCCC1)c1ccccc1. The molecule has 2 aromatic rings. The molecule has 1 aliphatic heterocycles. The molecule has 1 heterocycles. The predicted molar refractivity (Wildman–Crippen MR) is 94.8 cm³/mol. The number of hydrogen-bond acceptors (Lipinski definition) is 3. The Morgan fingerprint density at radius 3 is 2.46 bits per heavy atom. The molecule has 1 fully saturated rings. The first-order valence-electron chi connectivity index (χ1n) is 8.48. The average molecular weight is 324 g/mol. The lowest BCUT2D eigenvalue weighted by Gasteiger charge is -2.25. The van der Waals surface area contributed by atoms with Gasteiger partial charge in [0.2, 0.25) is 5.91 Å². The monoisotopic (exact) mass is 324 g/mol. The second kappa shape index (κ2) is 7.97. The van der Waals surface area contributed by atoms with Gasteiger partial charge in [-0.15, -0.1) is 0 Å². The fourth-order valence-corrected chi connectivity index (χ4v) is 3.17. The zero-order chi connectivity index (χ0) is 16.8. The zero-order valence-corrected chi connectivity index (χ0v) is 14.1. The number of hydrogen-bond donors (Lipinski definition) is 1. The van der Waals surface area contributed by atoms with E-state index in [1.54, 1.807) is 7.11 Å². The van der Waals surface area contributed by atoms with Crippen molar-refractivity contribution in [1.82, 2.24) is 10.2 Å². The van der Waals surface area contributed by atoms with Gasteiger partial charge in [0, 0.05) is 25.2 Å². The number of nitrogens with zero attached hydrogens (tertiary/aromatic N) is 1. The molecule has 2 aromatic carbocycles. The third-order valence-corrected chi connectivity index (χ3v) is 4.49. The van der Waals surface area contributed by atoms with Crippen LogP contribution < -0.4 is 10.1 Å². The fraction of sp³-hybridized carbons (Fsp3) is 0.350. The normalized spacial score (nSPS) is 15.3. The van der Waals surface area contributed by atoms with E-state index in [4.69, 9.17) is 4.74 Å². The van der Waals surface area contributed by atoms with Crippen LogP contribution in [0.5, 0.6) is 5.75 Å². The highest BCUT2D eigenvalue weighted by Gasteiger charge is 2.27. The molecule has 0 radical (unpaired) electrons. The zero-order valence-electron chi connectivity index (χ0n) is 14.1. The molecular formula is C20H24N2O2. The first kappa shape index (κ1) is 16.5. The molecule has 4 nitrogen and oxygen atoms in total. The van der Waals surface area contributed by atoms with Crippen LogP contribution in [0.3, 0.4) is 0 Å². The Kier molecular flexibility index (Phi) is 5.49. The third-order valence-electron chi connectivity index (χ3n) is 4.49. The van der Waals surface area contributed by atoms with Crippen LogP contribution >= 0.6 is 0 Å². The van der Waals surface area contributed by atoms with Crippen molar-refractivity contribution in [3.63, 3.8) is 0 Å². The van der Waals surface area contributed by atoms with Crippen molar-refractivity contribution in [2.75, 3.05) is 20.2 Å². The smallest absolute Gasteiger partial charge is 0.244 e. The minimum absolute atomic E-state index is 0.161. The fourth-order valence-electron chi connectivity index (χ4n) is 3.17. The van der Waals surface area contributed by atoms with E-state index in [2.05, 4.69) is 5.32 Å². The Bertz CT molecular complexity index is 666. The molecule has 1 N–H and O–H groups in total. The van der Waals surface area contributed by atoms with Crippen molar-refractivity contribution in [2.24, 2.45) is 0 Å². The number of amides is 1. The van der Waals surface area contributed by atoms with Crippen molar-refractivity contribution in [2.45, 2.75) is 25.4 Å². The Morgan fingerprint density at radius 1 is 1.08 bits per heavy atom. The molecule has 1 aliphatic rings. The maximum Gasteiger partial charge on any atom is 0.244 e. The van der Waals surface area contributed by atoms with Crippen LogP contribution in [0.25, 0.3) is 0 Å². The van der Waals surface area contributed by atoms with E-state index in [1.165, 1.54) is 0 Å². The number of para-hydroxylation sites is 1. The number of nitrogens with one attached hydrogen (secondary N) is 1. The highest BCUT2D eigenvalue weighted by atomic mass is 16.5. The molecule has 24 heavy (non-hydrogen) atoms. The van der Waals surface area contributed by atoms with Crippen LogP contribution in [-0.2, 0) is 11.3 Å². The van der Waals surface area contributed by atoms with Crippen LogP contribution in [0.4, 0.5) is 0 Å². The van der Waals surface area contributed by atoms with Gasteiger partial charge < -0.3 is 9.64 Å². The van der Waals surface area contributed by atoms with Crippen LogP contribution in [0.2, 0.25) is 0 Å². The lowest BCUT2D eigenvalue weighted by Crippen LogP contribution is -2.39. The van der Waals surface area contributed by atoms with Gasteiger partial charge in [0.25, 0.3) is 0 Å². The van der Waals surface area contributed by atoms with Gasteiger partial charge >= 0.3 is 0 Å². The van der Waals surface area contributed by atoms with Gasteiger partial charge in [-0.1, -0.05) is 48.5 Å². The number of ether oxygens (including phenoxy) is 1. The first-order chi connectivity index (χ1) is 11.8. The van der Waals surface area contributed by atoms with Gasteiger partial charge in [-0.05, 0) is 24.5 Å². The van der Waals surface area contributed by atoms with Gasteiger partial charge in [0.05, 0.1) is 7.11 Å². The minimum atomic E-state index is -0.325. The minimum Gasteiger partial charge on any atom is -0.496 e. The summed E-state index contributed by atoms with van der Waals surface area (Å²) < 4.78 is 5.41. The first-order valence-corrected chi connectivity index (χ1v) is 8.48. The molecule has 0 saturated carbocycles. The largest absolute Gasteiger partial charge is 0.496 e. The topological polar surface area (TPSA) is 41.6 Å². The number of carbonyl (C=O) groups is 1. The maximum atomic E-state index is 13.0. The molecule has 1 atom stereocenters. The van der Waals surface area contributed by atoms with Gasteiger partial charge in [-0.2, -0.15) is 0 Å². The van der Waals surface area contributed by atoms with Crippen LogP contribution in [-0.4, -0.2) is 31.0 Å². The van der Waals surface area contributed by atoms with Gasteiger partial charge in [-0.3, -0.25) is 10.1 Å². The molecule has 1 amide bonds. The number of rotatable bonds is 6. The summed E-state index contributed by atoms with van der Waals surface area (Å²) in [6.07, 6.45) is 2.19. The third kappa shape index (κ3) is 3.77. The molecule has 4 heteroatoms. The quantitative estimate of drug-likeness (QED) is 0.887. The van der Waals surface area contributed by atoms with Crippen LogP contribution in [0.1, 0.15) is 30.0 Å². The summed E-state index contributed by atoms with van der Waals surface area (Å²) in [5, 5.41) is 3.43. The second-order valence-corrected chi connectivity index (χ2v) is 6.07. The van der Waals surface area contributed by atoms with E-state index in [0.29, 0.717) is 6.54 Å². The summed E-state index contributed by atoms with van der Waals surface area (Å²) in [5.74, 6) is 0.999.